The maximum Gasteiger partial charge on any atom is 0.323 e. The minimum atomic E-state index is -0.999. The molecule has 1 fully saturated rings. The number of carbonyl (C=O) groups excluding carboxylic acids is 1. The van der Waals surface area contributed by atoms with E-state index in [2.05, 4.69) is 5.32 Å². The molecule has 2 N–H and O–H groups in total. The average Bonchev–Trinajstić information content (AvgIpc) is 2.70. The first-order chi connectivity index (χ1) is 8.45. The van der Waals surface area contributed by atoms with Crippen LogP contribution in [0.2, 0.25) is 0 Å². The Hall–Kier alpha value is -1.30. The molecule has 0 aromatic rings. The van der Waals surface area contributed by atoms with Crippen LogP contribution in [0.1, 0.15) is 33.6 Å². The molecule has 0 bridgehead atoms. The summed E-state index contributed by atoms with van der Waals surface area (Å²) in [6, 6.07) is -0.453. The summed E-state index contributed by atoms with van der Waals surface area (Å²) in [5.74, 6) is -0.999. The molecule has 6 nitrogen and oxygen atoms in total. The number of nitrogens with one attached hydrogen (secondary N) is 1. The first kappa shape index (κ1) is 14.8. The van der Waals surface area contributed by atoms with Gasteiger partial charge in [-0.1, -0.05) is 6.92 Å². The van der Waals surface area contributed by atoms with Crippen molar-refractivity contribution in [2.45, 2.75) is 51.8 Å². The Morgan fingerprint density at radius 2 is 2.22 bits per heavy atom. The highest BCUT2D eigenvalue weighted by Gasteiger charge is 2.29. The summed E-state index contributed by atoms with van der Waals surface area (Å²) >= 11 is 0. The van der Waals surface area contributed by atoms with E-state index in [1.807, 2.05) is 20.8 Å². The molecule has 104 valence electrons. The number of nitrogens with zero attached hydrogens (tertiary/aromatic N) is 1. The monoisotopic (exact) mass is 258 g/mol. The lowest BCUT2D eigenvalue weighted by Gasteiger charge is -2.29. The molecule has 0 radical (unpaired) electrons. The summed E-state index contributed by atoms with van der Waals surface area (Å²) in [6.45, 7) is 6.03. The Morgan fingerprint density at radius 3 is 2.67 bits per heavy atom. The minimum Gasteiger partial charge on any atom is -0.480 e. The van der Waals surface area contributed by atoms with E-state index in [1.54, 1.807) is 0 Å². The molecule has 18 heavy (non-hydrogen) atoms. The highest BCUT2D eigenvalue weighted by atomic mass is 16.5. The number of carboxylic acids is 1. The standard InChI is InChI=1S/C12H22N2O4/c1-4-8(2)14(7-11(15)16)12(17)13-10-5-6-18-9(10)3/h8-10H,4-7H2,1-3H3,(H,13,17)(H,15,16). The molecule has 3 unspecified atom stereocenters. The van der Waals surface area contributed by atoms with E-state index >= 15 is 0 Å². The second kappa shape index (κ2) is 6.58. The molecule has 1 aliphatic heterocycles. The fraction of sp³-hybridized carbons (Fsp3) is 0.833. The highest BCUT2D eigenvalue weighted by molar-refractivity contribution is 5.80. The lowest BCUT2D eigenvalue weighted by atomic mass is 10.1. The maximum absolute atomic E-state index is 12.1. The van der Waals surface area contributed by atoms with Crippen LogP contribution in [0, 0.1) is 0 Å². The van der Waals surface area contributed by atoms with Crippen molar-refractivity contribution >= 4 is 12.0 Å². The summed E-state index contributed by atoms with van der Waals surface area (Å²) < 4.78 is 5.36. The van der Waals surface area contributed by atoms with Gasteiger partial charge in [0, 0.05) is 12.6 Å². The summed E-state index contributed by atoms with van der Waals surface area (Å²) in [5, 5.41) is 11.7. The fourth-order valence-electron chi connectivity index (χ4n) is 1.96. The van der Waals surface area contributed by atoms with Gasteiger partial charge in [0.05, 0.1) is 12.1 Å². The van der Waals surface area contributed by atoms with Crippen molar-refractivity contribution in [3.8, 4) is 0 Å². The maximum atomic E-state index is 12.1. The van der Waals surface area contributed by atoms with Gasteiger partial charge in [-0.05, 0) is 26.7 Å². The topological polar surface area (TPSA) is 78.9 Å². The average molecular weight is 258 g/mol. The molecule has 6 heteroatoms. The van der Waals surface area contributed by atoms with Crippen LogP contribution in [-0.2, 0) is 9.53 Å². The van der Waals surface area contributed by atoms with Gasteiger partial charge in [-0.15, -0.1) is 0 Å². The van der Waals surface area contributed by atoms with Crippen LogP contribution in [0.3, 0.4) is 0 Å². The third kappa shape index (κ3) is 3.87. The van der Waals surface area contributed by atoms with Gasteiger partial charge in [0.15, 0.2) is 0 Å². The van der Waals surface area contributed by atoms with Crippen LogP contribution in [-0.4, -0.2) is 53.3 Å². The van der Waals surface area contributed by atoms with Crippen LogP contribution in [0.4, 0.5) is 4.79 Å². The van der Waals surface area contributed by atoms with Crippen molar-refractivity contribution in [1.82, 2.24) is 10.2 Å². The number of carbonyl (C=O) groups is 2. The lowest BCUT2D eigenvalue weighted by Crippen LogP contribution is -2.51. The van der Waals surface area contributed by atoms with Gasteiger partial charge in [-0.3, -0.25) is 4.79 Å². The van der Waals surface area contributed by atoms with Crippen LogP contribution in [0.5, 0.6) is 0 Å². The van der Waals surface area contributed by atoms with Gasteiger partial charge in [0.25, 0.3) is 0 Å². The van der Waals surface area contributed by atoms with E-state index in [1.165, 1.54) is 4.90 Å². The molecule has 0 saturated carbocycles. The molecule has 1 saturated heterocycles. The van der Waals surface area contributed by atoms with Gasteiger partial charge in [-0.2, -0.15) is 0 Å². The third-order valence-electron chi connectivity index (χ3n) is 3.37. The normalized spacial score (nSPS) is 24.6. The molecular formula is C12H22N2O4. The van der Waals surface area contributed by atoms with Crippen molar-refractivity contribution in [2.75, 3.05) is 13.2 Å². The number of ether oxygens (including phenoxy) is 1. The number of hydrogen-bond donors (Lipinski definition) is 2. The molecule has 0 spiro atoms. The zero-order valence-corrected chi connectivity index (χ0v) is 11.2. The van der Waals surface area contributed by atoms with Crippen LogP contribution < -0.4 is 5.32 Å². The Kier molecular flexibility index (Phi) is 5.40. The summed E-state index contributed by atoms with van der Waals surface area (Å²) in [7, 11) is 0. The van der Waals surface area contributed by atoms with Crippen molar-refractivity contribution in [3.05, 3.63) is 0 Å². The van der Waals surface area contributed by atoms with Crippen LogP contribution in [0.25, 0.3) is 0 Å². The lowest BCUT2D eigenvalue weighted by molar-refractivity contribution is -0.138. The van der Waals surface area contributed by atoms with Gasteiger partial charge in [0.1, 0.15) is 6.54 Å². The SMILES string of the molecule is CCC(C)N(CC(=O)O)C(=O)NC1CCOC1C. The van der Waals surface area contributed by atoms with E-state index in [0.29, 0.717) is 6.61 Å². The van der Waals surface area contributed by atoms with E-state index in [4.69, 9.17) is 9.84 Å². The van der Waals surface area contributed by atoms with Crippen molar-refractivity contribution in [1.29, 1.82) is 0 Å². The number of carboxylic acid groups (broad SMARTS) is 1. The quantitative estimate of drug-likeness (QED) is 0.772. The molecule has 3 atom stereocenters. The predicted molar refractivity (Wildman–Crippen MR) is 66.4 cm³/mol. The van der Waals surface area contributed by atoms with Crippen molar-refractivity contribution in [3.63, 3.8) is 0 Å². The number of aliphatic carboxylic acids is 1. The Bertz CT molecular complexity index is 308. The Morgan fingerprint density at radius 1 is 1.56 bits per heavy atom. The zero-order valence-electron chi connectivity index (χ0n) is 11.2. The van der Waals surface area contributed by atoms with Gasteiger partial charge in [0.2, 0.25) is 0 Å². The third-order valence-corrected chi connectivity index (χ3v) is 3.37. The van der Waals surface area contributed by atoms with E-state index in [0.717, 1.165) is 12.8 Å². The molecule has 0 aromatic carbocycles. The summed E-state index contributed by atoms with van der Waals surface area (Å²) in [6.07, 6.45) is 1.48. The smallest absolute Gasteiger partial charge is 0.323 e. The number of hydrogen-bond acceptors (Lipinski definition) is 3. The second-order valence-electron chi connectivity index (χ2n) is 4.70. The molecule has 1 rings (SSSR count). The fourth-order valence-corrected chi connectivity index (χ4v) is 1.96. The number of rotatable bonds is 5. The minimum absolute atomic E-state index is 0.0161. The molecule has 0 aromatic heterocycles. The Labute approximate surface area is 107 Å². The van der Waals surface area contributed by atoms with E-state index < -0.39 is 5.97 Å². The first-order valence-electron chi connectivity index (χ1n) is 6.36. The van der Waals surface area contributed by atoms with Crippen molar-refractivity contribution < 1.29 is 19.4 Å². The highest BCUT2D eigenvalue weighted by Crippen LogP contribution is 2.13. The molecule has 1 aliphatic rings. The van der Waals surface area contributed by atoms with Gasteiger partial charge < -0.3 is 20.1 Å². The first-order valence-corrected chi connectivity index (χ1v) is 6.36. The molecular weight excluding hydrogens is 236 g/mol. The zero-order chi connectivity index (χ0) is 13.7. The molecule has 1 heterocycles. The molecule has 0 aliphatic carbocycles. The number of urea groups is 1. The van der Waals surface area contributed by atoms with Crippen molar-refractivity contribution in [2.24, 2.45) is 0 Å². The van der Waals surface area contributed by atoms with E-state index in [9.17, 15) is 9.59 Å². The van der Waals surface area contributed by atoms with Gasteiger partial charge in [-0.25, -0.2) is 4.79 Å². The Balaban J connectivity index is 2.60. The summed E-state index contributed by atoms with van der Waals surface area (Å²) in [4.78, 5) is 24.2. The largest absolute Gasteiger partial charge is 0.480 e. The van der Waals surface area contributed by atoms with Gasteiger partial charge >= 0.3 is 12.0 Å². The van der Waals surface area contributed by atoms with Crippen LogP contribution in [0.15, 0.2) is 0 Å². The van der Waals surface area contributed by atoms with Crippen LogP contribution >= 0.6 is 0 Å². The molecule has 2 amide bonds. The number of amides is 2. The predicted octanol–water partition coefficient (Wildman–Crippen LogP) is 1.06. The second-order valence-corrected chi connectivity index (χ2v) is 4.70. The van der Waals surface area contributed by atoms with E-state index in [-0.39, 0.29) is 30.8 Å². The summed E-state index contributed by atoms with van der Waals surface area (Å²) in [5.41, 5.74) is 0.